The van der Waals surface area contributed by atoms with Crippen molar-refractivity contribution >= 4 is 11.3 Å². The van der Waals surface area contributed by atoms with Gasteiger partial charge in [0.2, 0.25) is 0 Å². The van der Waals surface area contributed by atoms with Crippen LogP contribution < -0.4 is 5.73 Å². The Labute approximate surface area is 86.4 Å². The quantitative estimate of drug-likeness (QED) is 0.807. The van der Waals surface area contributed by atoms with Crippen LogP contribution in [0.1, 0.15) is 22.3 Å². The molecule has 0 saturated heterocycles. The molecule has 0 aromatic carbocycles. The molecule has 0 saturated carbocycles. The van der Waals surface area contributed by atoms with Crippen molar-refractivity contribution in [3.05, 3.63) is 34.0 Å². The van der Waals surface area contributed by atoms with E-state index >= 15 is 0 Å². The molecule has 2 aromatic heterocycles. The summed E-state index contributed by atoms with van der Waals surface area (Å²) < 4.78 is 1.80. The molecule has 0 spiro atoms. The number of aromatic nitrogens is 3. The van der Waals surface area contributed by atoms with E-state index in [0.29, 0.717) is 0 Å². The maximum absolute atomic E-state index is 6.12. The minimum atomic E-state index is -0.116. The number of nitrogens with two attached hydrogens (primary N) is 1. The van der Waals surface area contributed by atoms with E-state index < -0.39 is 0 Å². The van der Waals surface area contributed by atoms with E-state index in [1.54, 1.807) is 22.2 Å². The number of hydrogen-bond donors (Lipinski definition) is 1. The van der Waals surface area contributed by atoms with Crippen molar-refractivity contribution in [2.45, 2.75) is 13.0 Å². The largest absolute Gasteiger partial charge is 0.318 e. The first-order chi connectivity index (χ1) is 6.70. The van der Waals surface area contributed by atoms with Crippen LogP contribution in [-0.2, 0) is 7.05 Å². The van der Waals surface area contributed by atoms with E-state index in [1.807, 2.05) is 25.5 Å². The van der Waals surface area contributed by atoms with Crippen LogP contribution in [0.25, 0.3) is 0 Å². The summed E-state index contributed by atoms with van der Waals surface area (Å²) in [6.45, 7) is 1.97. The molecule has 1 atom stereocenters. The summed E-state index contributed by atoms with van der Waals surface area (Å²) in [5.74, 6) is 0. The summed E-state index contributed by atoms with van der Waals surface area (Å²) in [4.78, 5) is 5.29. The zero-order chi connectivity index (χ0) is 10.1. The monoisotopic (exact) mass is 208 g/mol. The second-order valence-electron chi connectivity index (χ2n) is 3.16. The van der Waals surface area contributed by atoms with E-state index in [4.69, 9.17) is 5.73 Å². The van der Waals surface area contributed by atoms with Gasteiger partial charge in [-0.05, 0) is 13.0 Å². The number of aryl methyl sites for hydroxylation is 2. The highest BCUT2D eigenvalue weighted by Gasteiger charge is 2.16. The van der Waals surface area contributed by atoms with Crippen LogP contribution >= 0.6 is 11.3 Å². The highest BCUT2D eigenvalue weighted by atomic mass is 32.1. The zero-order valence-electron chi connectivity index (χ0n) is 8.14. The Bertz CT molecular complexity index is 391. The molecule has 2 N–H and O–H groups in total. The molecule has 0 aliphatic heterocycles. The minimum absolute atomic E-state index is 0.116. The van der Waals surface area contributed by atoms with Gasteiger partial charge in [0.1, 0.15) is 0 Å². The molecule has 0 aliphatic carbocycles. The fourth-order valence-corrected chi connectivity index (χ4v) is 2.25. The summed E-state index contributed by atoms with van der Waals surface area (Å²) in [5, 5.41) is 4.10. The van der Waals surface area contributed by atoms with Crippen molar-refractivity contribution < 1.29 is 0 Å². The lowest BCUT2D eigenvalue weighted by atomic mass is 10.1. The molecule has 0 amide bonds. The highest BCUT2D eigenvalue weighted by molar-refractivity contribution is 7.09. The third-order valence-corrected chi connectivity index (χ3v) is 3.26. The van der Waals surface area contributed by atoms with Gasteiger partial charge in [0.05, 0.1) is 27.8 Å². The molecule has 0 bridgehead atoms. The summed E-state index contributed by atoms with van der Waals surface area (Å²) in [6.07, 6.45) is 1.76. The number of nitrogens with zero attached hydrogens (tertiary/aromatic N) is 3. The zero-order valence-corrected chi connectivity index (χ0v) is 8.95. The Morgan fingerprint density at radius 1 is 1.57 bits per heavy atom. The molecule has 74 valence electrons. The van der Waals surface area contributed by atoms with Crippen molar-refractivity contribution in [1.29, 1.82) is 0 Å². The van der Waals surface area contributed by atoms with Crippen LogP contribution in [0.15, 0.2) is 17.8 Å². The van der Waals surface area contributed by atoms with Gasteiger partial charge in [-0.15, -0.1) is 11.3 Å². The normalized spacial score (nSPS) is 13.1. The summed E-state index contributed by atoms with van der Waals surface area (Å²) in [6, 6.07) is 1.82. The smallest absolute Gasteiger partial charge is 0.0835 e. The summed E-state index contributed by atoms with van der Waals surface area (Å²) in [7, 11) is 1.89. The Morgan fingerprint density at radius 3 is 2.86 bits per heavy atom. The molecule has 2 heterocycles. The number of thiazole rings is 1. The molecule has 1 unspecified atom stereocenters. The third kappa shape index (κ3) is 1.44. The van der Waals surface area contributed by atoms with E-state index in [2.05, 4.69) is 10.1 Å². The van der Waals surface area contributed by atoms with Crippen LogP contribution in [0.5, 0.6) is 0 Å². The van der Waals surface area contributed by atoms with Crippen LogP contribution in [-0.4, -0.2) is 14.8 Å². The van der Waals surface area contributed by atoms with Crippen LogP contribution in [0.3, 0.4) is 0 Å². The Morgan fingerprint density at radius 2 is 2.36 bits per heavy atom. The number of rotatable bonds is 2. The maximum atomic E-state index is 6.12. The number of hydrogen-bond acceptors (Lipinski definition) is 4. The molecular weight excluding hydrogens is 196 g/mol. The summed E-state index contributed by atoms with van der Waals surface area (Å²) >= 11 is 1.59. The van der Waals surface area contributed by atoms with Gasteiger partial charge >= 0.3 is 0 Å². The van der Waals surface area contributed by atoms with Crippen LogP contribution in [0.2, 0.25) is 0 Å². The molecule has 2 aromatic rings. The predicted octanol–water partition coefficient (Wildman–Crippen LogP) is 1.23. The third-order valence-electron chi connectivity index (χ3n) is 2.24. The van der Waals surface area contributed by atoms with Crippen molar-refractivity contribution in [1.82, 2.24) is 14.8 Å². The molecule has 14 heavy (non-hydrogen) atoms. The van der Waals surface area contributed by atoms with Crippen molar-refractivity contribution in [2.75, 3.05) is 0 Å². The van der Waals surface area contributed by atoms with Crippen molar-refractivity contribution in [3.63, 3.8) is 0 Å². The molecular formula is C9H12N4S. The van der Waals surface area contributed by atoms with Crippen LogP contribution in [0, 0.1) is 6.92 Å². The average Bonchev–Trinajstić information content (AvgIpc) is 2.73. The first-order valence-corrected chi connectivity index (χ1v) is 5.21. The van der Waals surface area contributed by atoms with Gasteiger partial charge in [-0.2, -0.15) is 5.10 Å². The van der Waals surface area contributed by atoms with E-state index in [9.17, 15) is 0 Å². The van der Waals surface area contributed by atoms with Gasteiger partial charge < -0.3 is 5.73 Å². The Balaban J connectivity index is 2.38. The van der Waals surface area contributed by atoms with Gasteiger partial charge in [0.15, 0.2) is 0 Å². The van der Waals surface area contributed by atoms with Gasteiger partial charge in [0, 0.05) is 13.2 Å². The van der Waals surface area contributed by atoms with Gasteiger partial charge in [-0.25, -0.2) is 4.98 Å². The molecule has 0 fully saturated rings. The predicted molar refractivity (Wildman–Crippen MR) is 56.1 cm³/mol. The van der Waals surface area contributed by atoms with Gasteiger partial charge in [-0.1, -0.05) is 0 Å². The second kappa shape index (κ2) is 3.51. The summed E-state index contributed by atoms with van der Waals surface area (Å²) in [5.41, 5.74) is 9.95. The molecule has 5 heteroatoms. The Hall–Kier alpha value is -1.20. The van der Waals surface area contributed by atoms with Crippen molar-refractivity contribution in [2.24, 2.45) is 12.8 Å². The van der Waals surface area contributed by atoms with E-state index in [0.717, 1.165) is 16.3 Å². The molecule has 0 radical (unpaired) electrons. The topological polar surface area (TPSA) is 56.7 Å². The van der Waals surface area contributed by atoms with Gasteiger partial charge in [0.25, 0.3) is 0 Å². The maximum Gasteiger partial charge on any atom is 0.0835 e. The van der Waals surface area contributed by atoms with E-state index in [1.165, 1.54) is 0 Å². The molecule has 0 aliphatic rings. The van der Waals surface area contributed by atoms with Crippen LogP contribution in [0.4, 0.5) is 0 Å². The fourth-order valence-electron chi connectivity index (χ4n) is 1.43. The first-order valence-electron chi connectivity index (χ1n) is 4.33. The SMILES string of the molecule is Cc1ncsc1C(N)c1ccnn1C. The lowest BCUT2D eigenvalue weighted by molar-refractivity contribution is 0.676. The second-order valence-corrected chi connectivity index (χ2v) is 4.05. The lowest BCUT2D eigenvalue weighted by Gasteiger charge is -2.10. The van der Waals surface area contributed by atoms with Crippen molar-refractivity contribution in [3.8, 4) is 0 Å². The molecule has 4 nitrogen and oxygen atoms in total. The molecule has 2 rings (SSSR count). The average molecular weight is 208 g/mol. The standard InChI is InChI=1S/C9H12N4S/c1-6-9(14-5-11-6)8(10)7-3-4-12-13(7)2/h3-5,8H,10H2,1-2H3. The highest BCUT2D eigenvalue weighted by Crippen LogP contribution is 2.24. The Kier molecular flexibility index (Phi) is 2.35. The lowest BCUT2D eigenvalue weighted by Crippen LogP contribution is -2.15. The van der Waals surface area contributed by atoms with E-state index in [-0.39, 0.29) is 6.04 Å². The first kappa shape index (κ1) is 9.36. The fraction of sp³-hybridized carbons (Fsp3) is 0.333. The minimum Gasteiger partial charge on any atom is -0.318 e. The van der Waals surface area contributed by atoms with Gasteiger partial charge in [-0.3, -0.25) is 4.68 Å².